The highest BCUT2D eigenvalue weighted by molar-refractivity contribution is 9.10. The molecule has 1 aliphatic rings. The van der Waals surface area contributed by atoms with Crippen LogP contribution in [0.5, 0.6) is 0 Å². The molecule has 3 heteroatoms. The van der Waals surface area contributed by atoms with Crippen molar-refractivity contribution >= 4 is 27.7 Å². The van der Waals surface area contributed by atoms with Crippen LogP contribution < -0.4 is 5.32 Å². The molecule has 1 unspecified atom stereocenters. The van der Waals surface area contributed by atoms with Gasteiger partial charge >= 0.3 is 0 Å². The van der Waals surface area contributed by atoms with Crippen molar-refractivity contribution in [2.75, 3.05) is 12.8 Å². The molecule has 70 valence electrons. The monoisotopic (exact) mass is 257 g/mol. The zero-order chi connectivity index (χ0) is 9.26. The summed E-state index contributed by atoms with van der Waals surface area (Å²) < 4.78 is 1.25. The van der Waals surface area contributed by atoms with Gasteiger partial charge in [-0.1, -0.05) is 28.1 Å². The number of halogens is 1. The zero-order valence-electron chi connectivity index (χ0n) is 7.51. The van der Waals surface area contributed by atoms with E-state index in [1.807, 2.05) is 18.8 Å². The number of hydrogen-bond acceptors (Lipinski definition) is 2. The van der Waals surface area contributed by atoms with E-state index in [1.54, 1.807) is 0 Å². The fourth-order valence-electron chi connectivity index (χ4n) is 1.66. The molecule has 0 radical (unpaired) electrons. The highest BCUT2D eigenvalue weighted by Crippen LogP contribution is 2.35. The number of hydrogen-bond donors (Lipinski definition) is 1. The molecular weight excluding hydrogens is 246 g/mol. The molecule has 0 aromatic heterocycles. The molecule has 13 heavy (non-hydrogen) atoms. The van der Waals surface area contributed by atoms with Crippen LogP contribution in [-0.4, -0.2) is 12.8 Å². The lowest BCUT2D eigenvalue weighted by Crippen LogP contribution is -2.23. The average Bonchev–Trinajstić information content (AvgIpc) is 2.18. The minimum atomic E-state index is 0.520. The van der Waals surface area contributed by atoms with Gasteiger partial charge in [-0.05, 0) is 24.2 Å². The summed E-state index contributed by atoms with van der Waals surface area (Å²) in [6.45, 7) is 0. The molecular formula is C10H12BrNS. The molecule has 0 fully saturated rings. The lowest BCUT2D eigenvalue weighted by molar-refractivity contribution is 0.650. The molecule has 0 amide bonds. The van der Waals surface area contributed by atoms with Gasteiger partial charge in [0.2, 0.25) is 0 Å². The van der Waals surface area contributed by atoms with Gasteiger partial charge in [0.1, 0.15) is 0 Å². The van der Waals surface area contributed by atoms with Crippen molar-refractivity contribution < 1.29 is 0 Å². The quantitative estimate of drug-likeness (QED) is 0.831. The summed E-state index contributed by atoms with van der Waals surface area (Å²) in [5.74, 6) is 2.31. The summed E-state index contributed by atoms with van der Waals surface area (Å²) in [5, 5.41) is 3.35. The van der Waals surface area contributed by atoms with Gasteiger partial charge in [-0.3, -0.25) is 0 Å². The summed E-state index contributed by atoms with van der Waals surface area (Å²) in [6, 6.07) is 6.98. The van der Waals surface area contributed by atoms with Crippen molar-refractivity contribution in [1.82, 2.24) is 5.32 Å². The number of rotatable bonds is 1. The van der Waals surface area contributed by atoms with E-state index in [0.717, 1.165) is 5.75 Å². The molecule has 0 aliphatic carbocycles. The molecule has 0 bridgehead atoms. The summed E-state index contributed by atoms with van der Waals surface area (Å²) in [4.78, 5) is 0. The lowest BCUT2D eigenvalue weighted by Gasteiger charge is -2.25. The molecule has 0 saturated heterocycles. The second kappa shape index (κ2) is 4.03. The predicted octanol–water partition coefficient (Wildman–Crippen LogP) is 2.96. The molecule has 0 saturated carbocycles. The lowest BCUT2D eigenvalue weighted by atomic mass is 10.0. The Morgan fingerprint density at radius 1 is 1.54 bits per heavy atom. The minimum absolute atomic E-state index is 0.520. The largest absolute Gasteiger partial charge is 0.312 e. The summed E-state index contributed by atoms with van der Waals surface area (Å²) in [5.41, 5.74) is 2.91. The highest BCUT2D eigenvalue weighted by Gasteiger charge is 2.19. The van der Waals surface area contributed by atoms with Crippen LogP contribution in [0.4, 0.5) is 0 Å². The fraction of sp³-hybridized carbons (Fsp3) is 0.400. The van der Waals surface area contributed by atoms with Gasteiger partial charge in [0, 0.05) is 22.0 Å². The Balaban J connectivity index is 2.45. The Hall–Kier alpha value is 0.0100. The van der Waals surface area contributed by atoms with Crippen molar-refractivity contribution in [1.29, 1.82) is 0 Å². The topological polar surface area (TPSA) is 12.0 Å². The van der Waals surface area contributed by atoms with Crippen LogP contribution >= 0.6 is 27.7 Å². The van der Waals surface area contributed by atoms with Gasteiger partial charge in [0.05, 0.1) is 0 Å². The van der Waals surface area contributed by atoms with E-state index in [2.05, 4.69) is 39.4 Å². The van der Waals surface area contributed by atoms with E-state index in [-0.39, 0.29) is 0 Å². The number of fused-ring (bicyclic) bond motifs is 1. The van der Waals surface area contributed by atoms with Crippen molar-refractivity contribution in [3.8, 4) is 0 Å². The van der Waals surface area contributed by atoms with Crippen molar-refractivity contribution in [2.24, 2.45) is 0 Å². The number of benzene rings is 1. The molecule has 1 heterocycles. The van der Waals surface area contributed by atoms with E-state index in [1.165, 1.54) is 21.4 Å². The van der Waals surface area contributed by atoms with Crippen LogP contribution in [0.3, 0.4) is 0 Å². The van der Waals surface area contributed by atoms with Gasteiger partial charge in [0.25, 0.3) is 0 Å². The Bertz CT molecular complexity index is 314. The van der Waals surface area contributed by atoms with Gasteiger partial charge in [0.15, 0.2) is 0 Å². The Morgan fingerprint density at radius 2 is 2.38 bits per heavy atom. The summed E-state index contributed by atoms with van der Waals surface area (Å²) >= 11 is 5.59. The van der Waals surface area contributed by atoms with Crippen LogP contribution in [0.1, 0.15) is 17.2 Å². The molecule has 2 rings (SSSR count). The van der Waals surface area contributed by atoms with Gasteiger partial charge < -0.3 is 5.32 Å². The molecule has 1 aromatic carbocycles. The average molecular weight is 258 g/mol. The van der Waals surface area contributed by atoms with Gasteiger partial charge in [-0.15, -0.1) is 0 Å². The first kappa shape index (κ1) is 9.56. The molecule has 1 nitrogen and oxygen atoms in total. The second-order valence-corrected chi connectivity index (χ2v) is 5.05. The van der Waals surface area contributed by atoms with Crippen molar-refractivity contribution in [3.05, 3.63) is 33.8 Å². The maximum Gasteiger partial charge on any atom is 0.0412 e. The Morgan fingerprint density at radius 3 is 3.15 bits per heavy atom. The number of thioether (sulfide) groups is 1. The normalized spacial score (nSPS) is 21.2. The molecule has 1 atom stereocenters. The van der Waals surface area contributed by atoms with E-state index in [0.29, 0.717) is 6.04 Å². The third-order valence-electron chi connectivity index (χ3n) is 2.41. The summed E-state index contributed by atoms with van der Waals surface area (Å²) in [7, 11) is 2.03. The van der Waals surface area contributed by atoms with E-state index < -0.39 is 0 Å². The van der Waals surface area contributed by atoms with Crippen molar-refractivity contribution in [2.45, 2.75) is 11.8 Å². The van der Waals surface area contributed by atoms with Crippen LogP contribution in [0, 0.1) is 0 Å². The molecule has 1 aliphatic heterocycles. The number of nitrogens with one attached hydrogen (secondary N) is 1. The van der Waals surface area contributed by atoms with Crippen LogP contribution in [-0.2, 0) is 5.75 Å². The third kappa shape index (κ3) is 1.78. The first-order valence-electron chi connectivity index (χ1n) is 4.35. The Labute approximate surface area is 91.4 Å². The first-order chi connectivity index (χ1) is 6.33. The van der Waals surface area contributed by atoms with Crippen LogP contribution in [0.2, 0.25) is 0 Å². The molecule has 1 aromatic rings. The van der Waals surface area contributed by atoms with Gasteiger partial charge in [-0.25, -0.2) is 0 Å². The van der Waals surface area contributed by atoms with Crippen molar-refractivity contribution in [3.63, 3.8) is 0 Å². The maximum absolute atomic E-state index is 3.60. The smallest absolute Gasteiger partial charge is 0.0412 e. The first-order valence-corrected chi connectivity index (χ1v) is 6.30. The third-order valence-corrected chi connectivity index (χ3v) is 4.21. The Kier molecular flexibility index (Phi) is 2.96. The van der Waals surface area contributed by atoms with Crippen LogP contribution in [0.15, 0.2) is 22.7 Å². The van der Waals surface area contributed by atoms with E-state index >= 15 is 0 Å². The summed E-state index contributed by atoms with van der Waals surface area (Å²) in [6.07, 6.45) is 0. The molecule has 0 spiro atoms. The second-order valence-electron chi connectivity index (χ2n) is 3.16. The maximum atomic E-state index is 3.60. The molecule has 1 N–H and O–H groups in total. The predicted molar refractivity (Wildman–Crippen MR) is 62.1 cm³/mol. The standard InChI is InChI=1S/C10H12BrNS/c1-12-10-6-13-5-8-7(10)3-2-4-9(8)11/h2-4,10,12H,5-6H2,1H3. The fourth-order valence-corrected chi connectivity index (χ4v) is 3.59. The van der Waals surface area contributed by atoms with Crippen LogP contribution in [0.25, 0.3) is 0 Å². The highest BCUT2D eigenvalue weighted by atomic mass is 79.9. The van der Waals surface area contributed by atoms with Gasteiger partial charge in [-0.2, -0.15) is 11.8 Å². The SMILES string of the molecule is CNC1CSCc2c(Br)cccc21. The van der Waals surface area contributed by atoms with E-state index in [4.69, 9.17) is 0 Å². The van der Waals surface area contributed by atoms with E-state index in [9.17, 15) is 0 Å². The zero-order valence-corrected chi connectivity index (χ0v) is 9.91. The minimum Gasteiger partial charge on any atom is -0.312 e.